The van der Waals surface area contributed by atoms with Crippen LogP contribution in [0.2, 0.25) is 0 Å². The number of pyridine rings is 1. The Balaban J connectivity index is 1.55. The van der Waals surface area contributed by atoms with Crippen LogP contribution in [0.1, 0.15) is 29.1 Å². The molecule has 26 heavy (non-hydrogen) atoms. The van der Waals surface area contributed by atoms with Crippen molar-refractivity contribution in [1.82, 2.24) is 19.4 Å². The van der Waals surface area contributed by atoms with Gasteiger partial charge in [-0.1, -0.05) is 13.0 Å². The summed E-state index contributed by atoms with van der Waals surface area (Å²) in [6.45, 7) is 3.86. The van der Waals surface area contributed by atoms with E-state index in [0.717, 1.165) is 40.8 Å². The van der Waals surface area contributed by atoms with E-state index in [0.29, 0.717) is 5.92 Å². The first-order chi connectivity index (χ1) is 12.7. The van der Waals surface area contributed by atoms with Gasteiger partial charge in [0.15, 0.2) is 0 Å². The van der Waals surface area contributed by atoms with E-state index >= 15 is 0 Å². The summed E-state index contributed by atoms with van der Waals surface area (Å²) in [5.41, 5.74) is 2.12. The number of nitrogens with one attached hydrogen (secondary N) is 1. The van der Waals surface area contributed by atoms with Gasteiger partial charge in [0.2, 0.25) is 0 Å². The standard InChI is InChI=1S/C20H20N4OS/c1-13-5-8-23(20(25)17-3-2-10-26-17)12-16(13)24-9-6-14-11-22-19-15(18(14)24)4-7-21-19/h2-4,6-7,9-11,13,16H,5,8,12H2,1H3,(H,21,22)/t13-,16+/m1/s1. The number of hydrogen-bond donors (Lipinski definition) is 1. The molecule has 1 fully saturated rings. The lowest BCUT2D eigenvalue weighted by Crippen LogP contribution is -2.43. The lowest BCUT2D eigenvalue weighted by molar-refractivity contribution is 0.0630. The Bertz CT molecular complexity index is 1080. The highest BCUT2D eigenvalue weighted by Crippen LogP contribution is 2.34. The van der Waals surface area contributed by atoms with E-state index in [1.54, 1.807) is 0 Å². The third-order valence-corrected chi connectivity index (χ3v) is 6.41. The van der Waals surface area contributed by atoms with Crippen LogP contribution < -0.4 is 0 Å². The zero-order valence-corrected chi connectivity index (χ0v) is 15.4. The Labute approximate surface area is 155 Å². The van der Waals surface area contributed by atoms with Crippen LogP contribution in [-0.2, 0) is 0 Å². The molecule has 0 radical (unpaired) electrons. The zero-order valence-electron chi connectivity index (χ0n) is 14.6. The third kappa shape index (κ3) is 2.36. The molecule has 5 heterocycles. The maximum absolute atomic E-state index is 12.8. The average Bonchev–Trinajstić information content (AvgIpc) is 3.40. The van der Waals surface area contributed by atoms with Gasteiger partial charge in [0.1, 0.15) is 5.65 Å². The molecule has 0 unspecified atom stereocenters. The number of likely N-dealkylation sites (tertiary alicyclic amines) is 1. The number of carbonyl (C=O) groups excluding carboxylic acids is 1. The van der Waals surface area contributed by atoms with Crippen molar-refractivity contribution in [3.63, 3.8) is 0 Å². The quantitative estimate of drug-likeness (QED) is 0.576. The fourth-order valence-electron chi connectivity index (χ4n) is 4.08. The summed E-state index contributed by atoms with van der Waals surface area (Å²) < 4.78 is 2.35. The van der Waals surface area contributed by atoms with Crippen molar-refractivity contribution in [2.45, 2.75) is 19.4 Å². The minimum atomic E-state index is 0.154. The van der Waals surface area contributed by atoms with Crippen LogP contribution in [0.3, 0.4) is 0 Å². The molecule has 5 nitrogen and oxygen atoms in total. The van der Waals surface area contributed by atoms with Crippen molar-refractivity contribution in [1.29, 1.82) is 0 Å². The number of carbonyl (C=O) groups is 1. The third-order valence-electron chi connectivity index (χ3n) is 5.55. The fourth-order valence-corrected chi connectivity index (χ4v) is 4.77. The topological polar surface area (TPSA) is 53.9 Å². The maximum atomic E-state index is 12.8. The Hall–Kier alpha value is -2.60. The molecule has 0 bridgehead atoms. The maximum Gasteiger partial charge on any atom is 0.263 e. The Morgan fingerprint density at radius 3 is 3.12 bits per heavy atom. The van der Waals surface area contributed by atoms with Gasteiger partial charge >= 0.3 is 0 Å². The molecule has 1 N–H and O–H groups in total. The summed E-state index contributed by atoms with van der Waals surface area (Å²) >= 11 is 1.52. The fraction of sp³-hybridized carbons (Fsp3) is 0.300. The summed E-state index contributed by atoms with van der Waals surface area (Å²) in [6, 6.07) is 8.34. The Morgan fingerprint density at radius 1 is 1.35 bits per heavy atom. The van der Waals surface area contributed by atoms with Gasteiger partial charge in [-0.25, -0.2) is 4.98 Å². The second kappa shape index (κ2) is 5.99. The van der Waals surface area contributed by atoms with E-state index in [-0.39, 0.29) is 11.9 Å². The van der Waals surface area contributed by atoms with Crippen molar-refractivity contribution < 1.29 is 4.79 Å². The molecule has 1 aliphatic heterocycles. The number of amides is 1. The van der Waals surface area contributed by atoms with Gasteiger partial charge in [-0.05, 0) is 35.9 Å². The van der Waals surface area contributed by atoms with E-state index in [4.69, 9.17) is 0 Å². The van der Waals surface area contributed by atoms with E-state index in [1.165, 1.54) is 16.9 Å². The van der Waals surface area contributed by atoms with E-state index in [1.807, 2.05) is 34.8 Å². The number of thiophene rings is 1. The van der Waals surface area contributed by atoms with Gasteiger partial charge in [0, 0.05) is 42.5 Å². The molecular formula is C20H20N4OS. The highest BCUT2D eigenvalue weighted by molar-refractivity contribution is 7.12. The largest absolute Gasteiger partial charge is 0.346 e. The van der Waals surface area contributed by atoms with Crippen LogP contribution in [0.15, 0.2) is 48.2 Å². The number of H-pyrrole nitrogens is 1. The smallest absolute Gasteiger partial charge is 0.263 e. The SMILES string of the molecule is C[C@@H]1CCN(C(=O)c2cccs2)C[C@@H]1n1ccc2cnc3[nH]ccc3c21. The lowest BCUT2D eigenvalue weighted by atomic mass is 9.93. The van der Waals surface area contributed by atoms with Gasteiger partial charge in [-0.3, -0.25) is 4.79 Å². The van der Waals surface area contributed by atoms with E-state index < -0.39 is 0 Å². The van der Waals surface area contributed by atoms with Crippen molar-refractivity contribution >= 4 is 39.2 Å². The molecule has 4 aromatic rings. The van der Waals surface area contributed by atoms with Crippen LogP contribution in [0.25, 0.3) is 21.9 Å². The molecular weight excluding hydrogens is 344 g/mol. The molecule has 0 saturated carbocycles. The second-order valence-electron chi connectivity index (χ2n) is 7.09. The van der Waals surface area contributed by atoms with Gasteiger partial charge in [-0.2, -0.15) is 0 Å². The van der Waals surface area contributed by atoms with E-state index in [2.05, 4.69) is 39.8 Å². The molecule has 1 amide bonds. The number of nitrogens with zero attached hydrogens (tertiary/aromatic N) is 3. The number of aromatic amines is 1. The van der Waals surface area contributed by atoms with Gasteiger partial charge in [0.25, 0.3) is 5.91 Å². The average molecular weight is 364 g/mol. The molecule has 4 aromatic heterocycles. The first kappa shape index (κ1) is 15.6. The summed E-state index contributed by atoms with van der Waals surface area (Å²) in [5.74, 6) is 0.668. The summed E-state index contributed by atoms with van der Waals surface area (Å²) in [4.78, 5) is 23.4. The predicted molar refractivity (Wildman–Crippen MR) is 105 cm³/mol. The van der Waals surface area contributed by atoms with Crippen LogP contribution in [0.5, 0.6) is 0 Å². The van der Waals surface area contributed by atoms with Crippen LogP contribution in [-0.4, -0.2) is 38.4 Å². The van der Waals surface area contributed by atoms with Crippen LogP contribution in [0.4, 0.5) is 0 Å². The summed E-state index contributed by atoms with van der Waals surface area (Å²) in [7, 11) is 0. The van der Waals surface area contributed by atoms with Crippen molar-refractivity contribution in [2.75, 3.05) is 13.1 Å². The monoisotopic (exact) mass is 364 g/mol. The van der Waals surface area contributed by atoms with Gasteiger partial charge in [0.05, 0.1) is 16.4 Å². The van der Waals surface area contributed by atoms with Gasteiger partial charge in [-0.15, -0.1) is 11.3 Å². The first-order valence-electron chi connectivity index (χ1n) is 8.98. The number of fused-ring (bicyclic) bond motifs is 3. The van der Waals surface area contributed by atoms with Crippen LogP contribution >= 0.6 is 11.3 Å². The normalized spacial score (nSPS) is 20.9. The number of aromatic nitrogens is 3. The zero-order chi connectivity index (χ0) is 17.7. The molecule has 6 heteroatoms. The predicted octanol–water partition coefficient (Wildman–Crippen LogP) is 4.30. The molecule has 5 rings (SSSR count). The first-order valence-corrected chi connectivity index (χ1v) is 9.86. The van der Waals surface area contributed by atoms with Crippen molar-refractivity contribution in [2.24, 2.45) is 5.92 Å². The molecule has 0 aromatic carbocycles. The van der Waals surface area contributed by atoms with Crippen molar-refractivity contribution in [3.05, 3.63) is 53.1 Å². The molecule has 0 spiro atoms. The highest BCUT2D eigenvalue weighted by atomic mass is 32.1. The number of piperidine rings is 1. The van der Waals surface area contributed by atoms with Crippen molar-refractivity contribution in [3.8, 4) is 0 Å². The lowest BCUT2D eigenvalue weighted by Gasteiger charge is -2.38. The Morgan fingerprint density at radius 2 is 2.27 bits per heavy atom. The highest BCUT2D eigenvalue weighted by Gasteiger charge is 2.31. The molecule has 1 aliphatic rings. The number of hydrogen-bond acceptors (Lipinski definition) is 3. The summed E-state index contributed by atoms with van der Waals surface area (Å²) in [5, 5.41) is 4.25. The Kier molecular flexibility index (Phi) is 3.60. The minimum Gasteiger partial charge on any atom is -0.346 e. The minimum absolute atomic E-state index is 0.154. The number of rotatable bonds is 2. The second-order valence-corrected chi connectivity index (χ2v) is 8.03. The van der Waals surface area contributed by atoms with Crippen LogP contribution in [0, 0.1) is 5.92 Å². The molecule has 2 atom stereocenters. The molecule has 132 valence electrons. The molecule has 0 aliphatic carbocycles. The van der Waals surface area contributed by atoms with Gasteiger partial charge < -0.3 is 14.5 Å². The van der Waals surface area contributed by atoms with E-state index in [9.17, 15) is 4.79 Å². The summed E-state index contributed by atoms with van der Waals surface area (Å²) in [6.07, 6.45) is 7.03. The molecule has 1 saturated heterocycles.